The van der Waals surface area contributed by atoms with Crippen molar-refractivity contribution >= 4 is 18.0 Å². The summed E-state index contributed by atoms with van der Waals surface area (Å²) in [6.07, 6.45) is 4.28. The van der Waals surface area contributed by atoms with E-state index in [0.29, 0.717) is 17.1 Å². The minimum atomic E-state index is -0.699. The van der Waals surface area contributed by atoms with Gasteiger partial charge in [0, 0.05) is 6.08 Å². The smallest absolute Gasteiger partial charge is 0.355 e. The van der Waals surface area contributed by atoms with Gasteiger partial charge in [-0.2, -0.15) is 0 Å². The number of ether oxygens (including phenoxy) is 2. The molecule has 1 amide bonds. The van der Waals surface area contributed by atoms with Crippen molar-refractivity contribution in [3.63, 3.8) is 0 Å². The molecule has 0 aliphatic carbocycles. The molecule has 6 heteroatoms. The Balaban J connectivity index is 2.26. The van der Waals surface area contributed by atoms with Gasteiger partial charge in [-0.1, -0.05) is 24.8 Å². The van der Waals surface area contributed by atoms with Crippen molar-refractivity contribution in [3.8, 4) is 5.75 Å². The fraction of sp³-hybridized carbons (Fsp3) is 0.111. The molecule has 0 aliphatic heterocycles. The highest BCUT2D eigenvalue weighted by molar-refractivity contribution is 6.04. The number of rotatable bonds is 7. The summed E-state index contributed by atoms with van der Waals surface area (Å²) in [5.74, 6) is -0.400. The van der Waals surface area contributed by atoms with Gasteiger partial charge >= 0.3 is 5.97 Å². The van der Waals surface area contributed by atoms with E-state index in [1.807, 2.05) is 0 Å². The van der Waals surface area contributed by atoms with Crippen molar-refractivity contribution in [2.75, 3.05) is 13.7 Å². The second kappa shape index (κ2) is 8.38. The van der Waals surface area contributed by atoms with E-state index in [2.05, 4.69) is 11.9 Å². The van der Waals surface area contributed by atoms with Crippen molar-refractivity contribution in [1.82, 2.24) is 5.32 Å². The molecular formula is C18H17NO5. The molecule has 0 atom stereocenters. The van der Waals surface area contributed by atoms with Gasteiger partial charge < -0.3 is 19.2 Å². The normalized spacial score (nSPS) is 10.8. The van der Waals surface area contributed by atoms with E-state index < -0.39 is 11.9 Å². The zero-order valence-corrected chi connectivity index (χ0v) is 13.2. The van der Waals surface area contributed by atoms with Crippen LogP contribution in [0, 0.1) is 0 Å². The second-order valence-electron chi connectivity index (χ2n) is 4.61. The Morgan fingerprint density at radius 2 is 2.04 bits per heavy atom. The summed E-state index contributed by atoms with van der Waals surface area (Å²) in [5.41, 5.74) is 0.240. The number of carbonyl (C=O) groups excluding carboxylic acids is 2. The highest BCUT2D eigenvalue weighted by Crippen LogP contribution is 2.18. The van der Waals surface area contributed by atoms with Gasteiger partial charge in [0.25, 0.3) is 5.91 Å². The van der Waals surface area contributed by atoms with Gasteiger partial charge in [-0.25, -0.2) is 4.79 Å². The zero-order chi connectivity index (χ0) is 17.4. The zero-order valence-electron chi connectivity index (χ0n) is 13.2. The van der Waals surface area contributed by atoms with Crippen LogP contribution in [0.5, 0.6) is 5.75 Å². The average molecular weight is 327 g/mol. The monoisotopic (exact) mass is 327 g/mol. The van der Waals surface area contributed by atoms with Gasteiger partial charge in [0.2, 0.25) is 0 Å². The SMILES string of the molecule is C=CCOC(=O)/C(=C\c1ccco1)NC(=O)c1ccccc1OC. The molecule has 124 valence electrons. The average Bonchev–Trinajstić information content (AvgIpc) is 3.12. The Labute approximate surface area is 139 Å². The third-order valence-corrected chi connectivity index (χ3v) is 2.98. The predicted octanol–water partition coefficient (Wildman–Crippen LogP) is 2.79. The summed E-state index contributed by atoms with van der Waals surface area (Å²) in [6, 6.07) is 10.0. The van der Waals surface area contributed by atoms with E-state index in [0.717, 1.165) is 0 Å². The van der Waals surface area contributed by atoms with Crippen LogP contribution in [0.3, 0.4) is 0 Å². The molecule has 2 aromatic rings. The Bertz CT molecular complexity index is 747. The molecule has 0 saturated heterocycles. The molecule has 2 rings (SSSR count). The first-order valence-corrected chi connectivity index (χ1v) is 7.13. The van der Waals surface area contributed by atoms with Gasteiger partial charge in [-0.15, -0.1) is 0 Å². The number of furan rings is 1. The van der Waals surface area contributed by atoms with Gasteiger partial charge in [0.05, 0.1) is 18.9 Å². The quantitative estimate of drug-likeness (QED) is 0.481. The standard InChI is InChI=1S/C18H17NO5/c1-3-10-24-18(21)15(12-13-7-6-11-23-13)19-17(20)14-8-4-5-9-16(14)22-2/h3-9,11-12H,1,10H2,2H3,(H,19,20)/b15-12+. The molecular weight excluding hydrogens is 310 g/mol. The van der Waals surface area contributed by atoms with Crippen LogP contribution < -0.4 is 10.1 Å². The summed E-state index contributed by atoms with van der Waals surface area (Å²) in [5, 5.41) is 2.53. The lowest BCUT2D eigenvalue weighted by Crippen LogP contribution is -2.28. The minimum absolute atomic E-state index is 0.0266. The number of nitrogens with one attached hydrogen (secondary N) is 1. The topological polar surface area (TPSA) is 77.8 Å². The van der Waals surface area contributed by atoms with Gasteiger partial charge in [-0.3, -0.25) is 4.79 Å². The van der Waals surface area contributed by atoms with E-state index >= 15 is 0 Å². The van der Waals surface area contributed by atoms with Crippen LogP contribution in [0.15, 0.2) is 65.4 Å². The van der Waals surface area contributed by atoms with Crippen molar-refractivity contribution in [2.45, 2.75) is 0 Å². The summed E-state index contributed by atoms with van der Waals surface area (Å²) >= 11 is 0. The molecule has 1 heterocycles. The maximum absolute atomic E-state index is 12.5. The molecule has 0 aliphatic rings. The lowest BCUT2D eigenvalue weighted by Gasteiger charge is -2.11. The molecule has 0 radical (unpaired) electrons. The highest BCUT2D eigenvalue weighted by Gasteiger charge is 2.18. The molecule has 0 saturated carbocycles. The van der Waals surface area contributed by atoms with Crippen molar-refractivity contribution in [2.24, 2.45) is 0 Å². The molecule has 1 aromatic carbocycles. The molecule has 0 fully saturated rings. The number of carbonyl (C=O) groups is 2. The highest BCUT2D eigenvalue weighted by atomic mass is 16.5. The maximum atomic E-state index is 12.5. The van der Waals surface area contributed by atoms with Crippen molar-refractivity contribution in [3.05, 3.63) is 72.3 Å². The number of methoxy groups -OCH3 is 1. The third kappa shape index (κ3) is 4.36. The van der Waals surface area contributed by atoms with Crippen LogP contribution in [0.2, 0.25) is 0 Å². The van der Waals surface area contributed by atoms with Crippen LogP contribution in [0.1, 0.15) is 16.1 Å². The maximum Gasteiger partial charge on any atom is 0.355 e. The number of para-hydroxylation sites is 1. The van der Waals surface area contributed by atoms with Crippen LogP contribution in [0.25, 0.3) is 6.08 Å². The van der Waals surface area contributed by atoms with E-state index in [1.54, 1.807) is 36.4 Å². The van der Waals surface area contributed by atoms with E-state index in [4.69, 9.17) is 13.9 Å². The molecule has 1 aromatic heterocycles. The number of amides is 1. The van der Waals surface area contributed by atoms with Gasteiger partial charge in [0.15, 0.2) is 0 Å². The van der Waals surface area contributed by atoms with Crippen LogP contribution in [-0.2, 0) is 9.53 Å². The van der Waals surface area contributed by atoms with Crippen LogP contribution in [-0.4, -0.2) is 25.6 Å². The Morgan fingerprint density at radius 3 is 2.71 bits per heavy atom. The number of esters is 1. The number of benzene rings is 1. The fourth-order valence-electron chi connectivity index (χ4n) is 1.90. The summed E-state index contributed by atoms with van der Waals surface area (Å²) < 4.78 is 15.3. The Morgan fingerprint density at radius 1 is 1.25 bits per heavy atom. The van der Waals surface area contributed by atoms with E-state index in [9.17, 15) is 9.59 Å². The number of hydrogen-bond acceptors (Lipinski definition) is 5. The van der Waals surface area contributed by atoms with Gasteiger partial charge in [-0.05, 0) is 24.3 Å². The first-order chi connectivity index (χ1) is 11.7. The van der Waals surface area contributed by atoms with Crippen molar-refractivity contribution < 1.29 is 23.5 Å². The molecule has 0 spiro atoms. The van der Waals surface area contributed by atoms with Crippen molar-refractivity contribution in [1.29, 1.82) is 0 Å². The summed E-state index contributed by atoms with van der Waals surface area (Å²) in [4.78, 5) is 24.6. The lowest BCUT2D eigenvalue weighted by atomic mass is 10.2. The largest absolute Gasteiger partial charge is 0.496 e. The molecule has 0 bridgehead atoms. The first-order valence-electron chi connectivity index (χ1n) is 7.13. The molecule has 24 heavy (non-hydrogen) atoms. The minimum Gasteiger partial charge on any atom is -0.496 e. The molecule has 6 nitrogen and oxygen atoms in total. The third-order valence-electron chi connectivity index (χ3n) is 2.98. The summed E-state index contributed by atoms with van der Waals surface area (Å²) in [7, 11) is 1.46. The number of hydrogen-bond donors (Lipinski definition) is 1. The Hall–Kier alpha value is -3.28. The van der Waals surface area contributed by atoms with Crippen LogP contribution >= 0.6 is 0 Å². The lowest BCUT2D eigenvalue weighted by molar-refractivity contribution is -0.138. The second-order valence-corrected chi connectivity index (χ2v) is 4.61. The van der Waals surface area contributed by atoms with E-state index in [-0.39, 0.29) is 12.3 Å². The fourth-order valence-corrected chi connectivity index (χ4v) is 1.90. The first kappa shape index (κ1) is 17.1. The Kier molecular flexibility index (Phi) is 5.96. The predicted molar refractivity (Wildman–Crippen MR) is 88.3 cm³/mol. The van der Waals surface area contributed by atoms with Gasteiger partial charge in [0.1, 0.15) is 23.8 Å². The summed E-state index contributed by atoms with van der Waals surface area (Å²) in [6.45, 7) is 3.51. The molecule has 0 unspecified atom stereocenters. The van der Waals surface area contributed by atoms with E-state index in [1.165, 1.54) is 25.5 Å². The van der Waals surface area contributed by atoms with Crippen LogP contribution in [0.4, 0.5) is 0 Å². The molecule has 1 N–H and O–H groups in total.